The Morgan fingerprint density at radius 1 is 1.12 bits per heavy atom. The quantitative estimate of drug-likeness (QED) is 0.459. The Bertz CT molecular complexity index is 563. The molecule has 1 aromatic rings. The summed E-state index contributed by atoms with van der Waals surface area (Å²) >= 11 is 0. The Morgan fingerprint density at radius 2 is 1.88 bits per heavy atom. The summed E-state index contributed by atoms with van der Waals surface area (Å²) in [5, 5.41) is 0. The monoisotopic (exact) mass is 326 g/mol. The predicted octanol–water partition coefficient (Wildman–Crippen LogP) is 6.25. The summed E-state index contributed by atoms with van der Waals surface area (Å²) in [6.45, 7) is 11.6. The molecule has 1 heteroatoms. The third-order valence-electron chi connectivity index (χ3n) is 7.57. The van der Waals surface area contributed by atoms with E-state index < -0.39 is 0 Å². The number of benzene rings is 1. The lowest BCUT2D eigenvalue weighted by atomic mass is 9.46. The molecule has 0 saturated heterocycles. The largest absolute Gasteiger partial charge is 0.377 e. The van der Waals surface area contributed by atoms with Gasteiger partial charge in [-0.05, 0) is 59.8 Å². The fourth-order valence-corrected chi connectivity index (χ4v) is 5.33. The summed E-state index contributed by atoms with van der Waals surface area (Å²) in [7, 11) is 0. The summed E-state index contributed by atoms with van der Waals surface area (Å²) in [6, 6.07) is 10.5. The van der Waals surface area contributed by atoms with Gasteiger partial charge in [-0.15, -0.1) is 0 Å². The summed E-state index contributed by atoms with van der Waals surface area (Å²) < 4.78 is 6.06. The molecule has 0 unspecified atom stereocenters. The van der Waals surface area contributed by atoms with Crippen LogP contribution in [0.4, 0.5) is 0 Å². The van der Waals surface area contributed by atoms with Crippen molar-refractivity contribution >= 4 is 0 Å². The lowest BCUT2D eigenvalue weighted by Crippen LogP contribution is -2.51. The third kappa shape index (κ3) is 3.20. The minimum Gasteiger partial charge on any atom is -0.377 e. The second-order valence-electron chi connectivity index (χ2n) is 8.74. The number of allylic oxidation sites excluding steroid dienone is 2. The van der Waals surface area contributed by atoms with Gasteiger partial charge in [-0.3, -0.25) is 0 Å². The van der Waals surface area contributed by atoms with Gasteiger partial charge in [0, 0.05) is 6.61 Å². The zero-order valence-electron chi connectivity index (χ0n) is 15.9. The topological polar surface area (TPSA) is 9.23 Å². The van der Waals surface area contributed by atoms with Crippen LogP contribution in [0.2, 0.25) is 0 Å². The maximum Gasteiger partial charge on any atom is 0.0716 e. The average molecular weight is 327 g/mol. The minimum absolute atomic E-state index is 0.392. The molecular weight excluding hydrogens is 292 g/mol. The second-order valence-corrected chi connectivity index (χ2v) is 8.74. The van der Waals surface area contributed by atoms with E-state index in [1.165, 1.54) is 31.2 Å². The first-order valence-corrected chi connectivity index (χ1v) is 9.75. The maximum atomic E-state index is 6.06. The SMILES string of the molecule is C[C@@H]1CC[C@]2(C)[C@@H](CC=C[C@@H]2C)[C@]1(C)CCOCc1ccccc1. The standard InChI is InChI=1S/C23H34O/c1-18-9-8-12-21-22(18,3)14-13-19(2)23(21,4)15-16-24-17-20-10-6-5-7-11-20/h5-11,18-19,21H,12-17H2,1-4H3/t18-,19+,21+,22-,23+/m0/s1. The predicted molar refractivity (Wildman–Crippen MR) is 102 cm³/mol. The van der Waals surface area contributed by atoms with Gasteiger partial charge in [0.25, 0.3) is 0 Å². The highest BCUT2D eigenvalue weighted by Gasteiger charge is 2.53. The highest BCUT2D eigenvalue weighted by molar-refractivity contribution is 5.14. The van der Waals surface area contributed by atoms with Gasteiger partial charge in [-0.1, -0.05) is 70.2 Å². The van der Waals surface area contributed by atoms with E-state index in [-0.39, 0.29) is 0 Å². The Labute approximate surface area is 148 Å². The molecule has 3 rings (SSSR count). The van der Waals surface area contributed by atoms with Crippen LogP contribution in [0.5, 0.6) is 0 Å². The molecule has 1 fully saturated rings. The van der Waals surface area contributed by atoms with Gasteiger partial charge >= 0.3 is 0 Å². The molecule has 0 radical (unpaired) electrons. The van der Waals surface area contributed by atoms with Gasteiger partial charge in [0.05, 0.1) is 6.61 Å². The van der Waals surface area contributed by atoms with Gasteiger partial charge in [-0.2, -0.15) is 0 Å². The van der Waals surface area contributed by atoms with Gasteiger partial charge in [0.1, 0.15) is 0 Å². The summed E-state index contributed by atoms with van der Waals surface area (Å²) in [5.74, 6) is 2.27. The molecule has 0 aliphatic heterocycles. The first kappa shape index (κ1) is 17.7. The van der Waals surface area contributed by atoms with Crippen LogP contribution in [0.15, 0.2) is 42.5 Å². The molecule has 1 nitrogen and oxygen atoms in total. The zero-order chi connectivity index (χ0) is 17.2. The highest BCUT2D eigenvalue weighted by atomic mass is 16.5. The first-order valence-electron chi connectivity index (χ1n) is 9.75. The van der Waals surface area contributed by atoms with Crippen molar-refractivity contribution in [3.8, 4) is 0 Å². The Morgan fingerprint density at radius 3 is 2.62 bits per heavy atom. The van der Waals surface area contributed by atoms with Gasteiger partial charge in [0.15, 0.2) is 0 Å². The van der Waals surface area contributed by atoms with Crippen molar-refractivity contribution in [2.45, 2.75) is 60.0 Å². The molecule has 0 amide bonds. The smallest absolute Gasteiger partial charge is 0.0716 e. The van der Waals surface area contributed by atoms with Crippen molar-refractivity contribution in [1.29, 1.82) is 0 Å². The fraction of sp³-hybridized carbons (Fsp3) is 0.652. The normalized spacial score (nSPS) is 38.8. The van der Waals surface area contributed by atoms with Crippen LogP contribution in [0.25, 0.3) is 0 Å². The minimum atomic E-state index is 0.392. The lowest BCUT2D eigenvalue weighted by Gasteiger charge is -2.59. The molecule has 0 N–H and O–H groups in total. The third-order valence-corrected chi connectivity index (χ3v) is 7.57. The molecule has 0 heterocycles. The number of hydrogen-bond donors (Lipinski definition) is 0. The summed E-state index contributed by atoms with van der Waals surface area (Å²) in [5.41, 5.74) is 2.14. The van der Waals surface area contributed by atoms with E-state index in [0.29, 0.717) is 16.7 Å². The number of hydrogen-bond acceptors (Lipinski definition) is 1. The van der Waals surface area contributed by atoms with Gasteiger partial charge < -0.3 is 4.74 Å². The van der Waals surface area contributed by atoms with E-state index >= 15 is 0 Å². The zero-order valence-corrected chi connectivity index (χ0v) is 15.9. The molecule has 0 bridgehead atoms. The molecule has 1 saturated carbocycles. The van der Waals surface area contributed by atoms with Crippen LogP contribution >= 0.6 is 0 Å². The van der Waals surface area contributed by atoms with E-state index in [1.54, 1.807) is 0 Å². The van der Waals surface area contributed by atoms with Crippen molar-refractivity contribution in [2.75, 3.05) is 6.61 Å². The van der Waals surface area contributed by atoms with Crippen molar-refractivity contribution in [1.82, 2.24) is 0 Å². The average Bonchev–Trinajstić information content (AvgIpc) is 2.59. The van der Waals surface area contributed by atoms with Crippen LogP contribution in [0, 0.1) is 28.6 Å². The van der Waals surface area contributed by atoms with Crippen LogP contribution in [-0.2, 0) is 11.3 Å². The van der Waals surface area contributed by atoms with Crippen molar-refractivity contribution in [2.24, 2.45) is 28.6 Å². The molecule has 24 heavy (non-hydrogen) atoms. The van der Waals surface area contributed by atoms with E-state index in [0.717, 1.165) is 25.0 Å². The molecule has 0 aromatic heterocycles. The van der Waals surface area contributed by atoms with E-state index in [4.69, 9.17) is 4.74 Å². The first-order chi connectivity index (χ1) is 11.5. The number of rotatable bonds is 5. The second kappa shape index (κ2) is 7.04. The molecular formula is C23H34O. The number of ether oxygens (including phenoxy) is 1. The molecule has 132 valence electrons. The number of fused-ring (bicyclic) bond motifs is 1. The van der Waals surface area contributed by atoms with Gasteiger partial charge in [-0.25, -0.2) is 0 Å². The fourth-order valence-electron chi connectivity index (χ4n) is 5.33. The molecule has 1 aromatic carbocycles. The molecule has 2 aliphatic carbocycles. The van der Waals surface area contributed by atoms with Gasteiger partial charge in [0.2, 0.25) is 0 Å². The maximum absolute atomic E-state index is 6.06. The van der Waals surface area contributed by atoms with E-state index in [9.17, 15) is 0 Å². The Balaban J connectivity index is 1.64. The van der Waals surface area contributed by atoms with Crippen LogP contribution in [-0.4, -0.2) is 6.61 Å². The van der Waals surface area contributed by atoms with E-state index in [2.05, 4.69) is 70.2 Å². The van der Waals surface area contributed by atoms with Crippen molar-refractivity contribution in [3.05, 3.63) is 48.0 Å². The van der Waals surface area contributed by atoms with Crippen molar-refractivity contribution < 1.29 is 4.74 Å². The Kier molecular flexibility index (Phi) is 5.20. The van der Waals surface area contributed by atoms with Crippen LogP contribution in [0.1, 0.15) is 58.9 Å². The van der Waals surface area contributed by atoms with Crippen LogP contribution < -0.4 is 0 Å². The lowest BCUT2D eigenvalue weighted by molar-refractivity contribution is -0.0893. The highest BCUT2D eigenvalue weighted by Crippen LogP contribution is 2.61. The van der Waals surface area contributed by atoms with E-state index in [1.807, 2.05) is 0 Å². The molecule has 2 aliphatic rings. The van der Waals surface area contributed by atoms with Crippen LogP contribution in [0.3, 0.4) is 0 Å². The molecule has 0 spiro atoms. The molecule has 5 atom stereocenters. The van der Waals surface area contributed by atoms with Crippen molar-refractivity contribution in [3.63, 3.8) is 0 Å². The summed E-state index contributed by atoms with van der Waals surface area (Å²) in [6.07, 6.45) is 10.1. The summed E-state index contributed by atoms with van der Waals surface area (Å²) in [4.78, 5) is 0. The Hall–Kier alpha value is -1.08.